The zero-order valence-corrected chi connectivity index (χ0v) is 16.3. The van der Waals surface area contributed by atoms with E-state index in [4.69, 9.17) is 26.3 Å². The molecule has 1 unspecified atom stereocenters. The van der Waals surface area contributed by atoms with Crippen molar-refractivity contribution in [1.29, 1.82) is 5.26 Å². The van der Waals surface area contributed by atoms with Crippen LogP contribution in [0.3, 0.4) is 0 Å². The van der Waals surface area contributed by atoms with Crippen molar-refractivity contribution >= 4 is 17.5 Å². The minimum absolute atomic E-state index is 0.0633. The van der Waals surface area contributed by atoms with Gasteiger partial charge in [0.05, 0.1) is 23.7 Å². The van der Waals surface area contributed by atoms with Gasteiger partial charge in [0.25, 0.3) is 5.91 Å². The summed E-state index contributed by atoms with van der Waals surface area (Å²) in [7, 11) is 0. The van der Waals surface area contributed by atoms with Crippen molar-refractivity contribution in [2.24, 2.45) is 0 Å². The molecule has 1 heterocycles. The van der Waals surface area contributed by atoms with Gasteiger partial charge >= 0.3 is 6.18 Å². The minimum atomic E-state index is -4.65. The average Bonchev–Trinajstić information content (AvgIpc) is 2.65. The first-order valence-electron chi connectivity index (χ1n) is 8.77. The number of alkyl halides is 3. The van der Waals surface area contributed by atoms with Gasteiger partial charge in [-0.05, 0) is 43.3 Å². The molecular formula is C20H15ClF4N2O3. The minimum Gasteiger partial charge on any atom is -0.487 e. The summed E-state index contributed by atoms with van der Waals surface area (Å²) in [5.41, 5.74) is -0.376. The van der Waals surface area contributed by atoms with E-state index in [0.29, 0.717) is 5.75 Å². The maximum absolute atomic E-state index is 13.0. The van der Waals surface area contributed by atoms with Crippen molar-refractivity contribution in [2.75, 3.05) is 13.1 Å². The van der Waals surface area contributed by atoms with Crippen molar-refractivity contribution in [3.63, 3.8) is 0 Å². The number of rotatable bonds is 5. The third-order valence-electron chi connectivity index (χ3n) is 4.45. The Balaban J connectivity index is 1.76. The van der Waals surface area contributed by atoms with Crippen molar-refractivity contribution in [2.45, 2.75) is 25.3 Å². The van der Waals surface area contributed by atoms with Crippen molar-refractivity contribution in [1.82, 2.24) is 4.90 Å². The number of nitrogens with zero attached hydrogens (tertiary/aromatic N) is 2. The van der Waals surface area contributed by atoms with E-state index in [-0.39, 0.29) is 41.1 Å². The van der Waals surface area contributed by atoms with Gasteiger partial charge in [-0.1, -0.05) is 11.6 Å². The summed E-state index contributed by atoms with van der Waals surface area (Å²) in [5, 5.41) is 8.85. The third kappa shape index (κ3) is 4.60. The number of likely N-dealkylation sites (tertiary alicyclic amines) is 1. The van der Waals surface area contributed by atoms with Crippen molar-refractivity contribution < 1.29 is 31.8 Å². The normalized spacial score (nSPS) is 15.2. The summed E-state index contributed by atoms with van der Waals surface area (Å²) < 4.78 is 62.2. The predicted octanol–water partition coefficient (Wildman–Crippen LogP) is 4.58. The van der Waals surface area contributed by atoms with Gasteiger partial charge < -0.3 is 14.4 Å². The van der Waals surface area contributed by atoms with Crippen LogP contribution in [-0.4, -0.2) is 42.3 Å². The summed E-state index contributed by atoms with van der Waals surface area (Å²) in [6, 6.07) is 9.44. The van der Waals surface area contributed by atoms with Gasteiger partial charge in [0, 0.05) is 0 Å². The molecule has 2 aromatic carbocycles. The van der Waals surface area contributed by atoms with Crippen LogP contribution in [0.2, 0.25) is 5.02 Å². The second-order valence-corrected chi connectivity index (χ2v) is 7.00. The van der Waals surface area contributed by atoms with Gasteiger partial charge in [0.1, 0.15) is 35.1 Å². The molecule has 0 aromatic heterocycles. The number of hydrogen-bond acceptors (Lipinski definition) is 4. The van der Waals surface area contributed by atoms with Crippen LogP contribution in [0.4, 0.5) is 17.6 Å². The van der Waals surface area contributed by atoms with E-state index < -0.39 is 24.0 Å². The number of nitriles is 1. The molecule has 5 nitrogen and oxygen atoms in total. The fraction of sp³-hybridized carbons (Fsp3) is 0.300. The smallest absolute Gasteiger partial charge is 0.425 e. The molecule has 30 heavy (non-hydrogen) atoms. The Bertz CT molecular complexity index is 983. The summed E-state index contributed by atoms with van der Waals surface area (Å²) in [6.07, 6.45) is -7.21. The van der Waals surface area contributed by atoms with Gasteiger partial charge in [-0.2, -0.15) is 18.4 Å². The number of amides is 1. The molecule has 1 amide bonds. The predicted molar refractivity (Wildman–Crippen MR) is 99.0 cm³/mol. The molecule has 0 bridgehead atoms. The molecule has 3 rings (SSSR count). The summed E-state index contributed by atoms with van der Waals surface area (Å²) in [4.78, 5) is 14.2. The summed E-state index contributed by atoms with van der Waals surface area (Å²) in [5.74, 6) is -1.04. The van der Waals surface area contributed by atoms with E-state index in [1.807, 2.05) is 0 Å². The first-order valence-corrected chi connectivity index (χ1v) is 9.15. The van der Waals surface area contributed by atoms with E-state index in [1.54, 1.807) is 6.07 Å². The Hall–Kier alpha value is -2.99. The Kier molecular flexibility index (Phi) is 6.08. The van der Waals surface area contributed by atoms with Gasteiger partial charge in [0.15, 0.2) is 6.10 Å². The number of hydrogen-bond donors (Lipinski definition) is 0. The molecule has 0 N–H and O–H groups in total. The Labute approximate surface area is 174 Å². The van der Waals surface area contributed by atoms with Gasteiger partial charge in [-0.3, -0.25) is 4.79 Å². The number of benzene rings is 2. The SMILES string of the molecule is CC(Oc1ccc(C#N)c(Cl)c1C(=O)N1CC(Oc2ccc(F)cc2)C1)C(F)(F)F. The highest BCUT2D eigenvalue weighted by atomic mass is 35.5. The lowest BCUT2D eigenvalue weighted by molar-refractivity contribution is -0.189. The topological polar surface area (TPSA) is 62.6 Å². The van der Waals surface area contributed by atoms with E-state index in [0.717, 1.165) is 13.0 Å². The van der Waals surface area contributed by atoms with Crippen LogP contribution in [0.25, 0.3) is 0 Å². The third-order valence-corrected chi connectivity index (χ3v) is 4.85. The van der Waals surface area contributed by atoms with Crippen LogP contribution < -0.4 is 9.47 Å². The molecule has 1 aliphatic heterocycles. The molecule has 0 spiro atoms. The lowest BCUT2D eigenvalue weighted by Gasteiger charge is -2.39. The summed E-state index contributed by atoms with van der Waals surface area (Å²) >= 11 is 6.11. The first kappa shape index (κ1) is 21.7. The standard InChI is InChI=1S/C20H15ClF4N2O3/c1-11(20(23,24)25)29-16-7-2-12(8-26)18(21)17(16)19(28)27-9-15(10-27)30-14-5-3-13(22)4-6-14/h2-7,11,15H,9-10H2,1H3. The van der Waals surface area contributed by atoms with Crippen LogP contribution in [0.15, 0.2) is 36.4 Å². The highest BCUT2D eigenvalue weighted by Crippen LogP contribution is 2.35. The lowest BCUT2D eigenvalue weighted by Crippen LogP contribution is -2.56. The monoisotopic (exact) mass is 442 g/mol. The van der Waals surface area contributed by atoms with E-state index >= 15 is 0 Å². The van der Waals surface area contributed by atoms with Crippen LogP contribution in [-0.2, 0) is 0 Å². The van der Waals surface area contributed by atoms with Gasteiger partial charge in [-0.15, -0.1) is 0 Å². The van der Waals surface area contributed by atoms with Crippen LogP contribution >= 0.6 is 11.6 Å². The maximum atomic E-state index is 13.0. The zero-order valence-electron chi connectivity index (χ0n) is 15.5. The Morgan fingerprint density at radius 1 is 1.23 bits per heavy atom. The molecular weight excluding hydrogens is 428 g/mol. The Morgan fingerprint density at radius 3 is 2.43 bits per heavy atom. The molecule has 0 radical (unpaired) electrons. The number of halogens is 5. The van der Waals surface area contributed by atoms with Crippen molar-refractivity contribution in [3.05, 3.63) is 58.4 Å². The average molecular weight is 443 g/mol. The fourth-order valence-electron chi connectivity index (χ4n) is 2.74. The van der Waals surface area contributed by atoms with Crippen LogP contribution in [0, 0.1) is 17.1 Å². The van der Waals surface area contributed by atoms with Crippen LogP contribution in [0.5, 0.6) is 11.5 Å². The summed E-state index contributed by atoms with van der Waals surface area (Å²) in [6.45, 7) is 1.08. The van der Waals surface area contributed by atoms with Crippen LogP contribution in [0.1, 0.15) is 22.8 Å². The highest BCUT2D eigenvalue weighted by Gasteiger charge is 2.40. The zero-order chi connectivity index (χ0) is 22.1. The number of ether oxygens (including phenoxy) is 2. The van der Waals surface area contributed by atoms with Crippen molar-refractivity contribution in [3.8, 4) is 17.6 Å². The molecule has 1 aliphatic rings. The molecule has 1 atom stereocenters. The first-order chi connectivity index (χ1) is 14.1. The number of carbonyl (C=O) groups is 1. The molecule has 1 saturated heterocycles. The van der Waals surface area contributed by atoms with Gasteiger partial charge in [0.2, 0.25) is 0 Å². The van der Waals surface area contributed by atoms with E-state index in [2.05, 4.69) is 0 Å². The number of carbonyl (C=O) groups excluding carboxylic acids is 1. The molecule has 1 fully saturated rings. The molecule has 2 aromatic rings. The molecule has 0 saturated carbocycles. The largest absolute Gasteiger partial charge is 0.487 e. The second kappa shape index (κ2) is 8.40. The fourth-order valence-corrected chi connectivity index (χ4v) is 3.02. The molecule has 10 heteroatoms. The molecule has 158 valence electrons. The quantitative estimate of drug-likeness (QED) is 0.636. The maximum Gasteiger partial charge on any atom is 0.425 e. The van der Waals surface area contributed by atoms with E-state index in [1.165, 1.54) is 35.2 Å². The molecule has 0 aliphatic carbocycles. The highest BCUT2D eigenvalue weighted by molar-refractivity contribution is 6.35. The van der Waals surface area contributed by atoms with E-state index in [9.17, 15) is 22.4 Å². The van der Waals surface area contributed by atoms with Gasteiger partial charge in [-0.25, -0.2) is 4.39 Å². The second-order valence-electron chi connectivity index (χ2n) is 6.62. The Morgan fingerprint density at radius 2 is 1.87 bits per heavy atom. The lowest BCUT2D eigenvalue weighted by atomic mass is 10.0.